The zero-order valence-electron chi connectivity index (χ0n) is 20.4. The summed E-state index contributed by atoms with van der Waals surface area (Å²) in [6.07, 6.45) is 1.78. The maximum Gasteiger partial charge on any atom is 0.258 e. The predicted molar refractivity (Wildman–Crippen MR) is 131 cm³/mol. The number of piperidine rings is 1. The molecule has 1 fully saturated rings. The first kappa shape index (κ1) is 25.4. The Hall–Kier alpha value is -3.26. The molecule has 0 saturated carbocycles. The third-order valence-electron chi connectivity index (χ3n) is 5.70. The summed E-state index contributed by atoms with van der Waals surface area (Å²) >= 11 is 0. The highest BCUT2D eigenvalue weighted by atomic mass is 16.5. The van der Waals surface area contributed by atoms with E-state index in [1.807, 2.05) is 26.0 Å². The number of benzene rings is 2. The van der Waals surface area contributed by atoms with Crippen molar-refractivity contribution in [2.24, 2.45) is 0 Å². The zero-order chi connectivity index (χ0) is 24.5. The first-order chi connectivity index (χ1) is 16.4. The van der Waals surface area contributed by atoms with Gasteiger partial charge in [0.1, 0.15) is 5.75 Å². The maximum atomic E-state index is 12.8. The first-order valence-corrected chi connectivity index (χ1v) is 11.6. The van der Waals surface area contributed by atoms with Crippen LogP contribution in [0.15, 0.2) is 42.5 Å². The standard InChI is InChI=1S/C26H35N3O5/c1-18(2)27-25(30)17-34-23-9-8-20(15-24(23)33-4)26(31)28-21-10-12-29(13-11-21)16-19-6-5-7-22(14-19)32-3/h5-9,14-15,18,21H,10-13,16-17H2,1-4H3,(H,27,30)(H,28,31). The predicted octanol–water partition coefficient (Wildman–Crippen LogP) is 3.00. The summed E-state index contributed by atoms with van der Waals surface area (Å²) in [4.78, 5) is 27.0. The number of carbonyl (C=O) groups is 2. The number of amides is 2. The molecule has 0 atom stereocenters. The highest BCUT2D eigenvalue weighted by Crippen LogP contribution is 2.28. The zero-order valence-corrected chi connectivity index (χ0v) is 20.4. The minimum Gasteiger partial charge on any atom is -0.497 e. The Morgan fingerprint density at radius 2 is 1.79 bits per heavy atom. The Bertz CT molecular complexity index is 971. The Labute approximate surface area is 201 Å². The molecule has 1 aliphatic heterocycles. The number of likely N-dealkylation sites (tertiary alicyclic amines) is 1. The maximum absolute atomic E-state index is 12.8. The second-order valence-corrected chi connectivity index (χ2v) is 8.75. The highest BCUT2D eigenvalue weighted by molar-refractivity contribution is 5.95. The number of nitrogens with one attached hydrogen (secondary N) is 2. The molecular formula is C26H35N3O5. The fourth-order valence-corrected chi connectivity index (χ4v) is 3.97. The van der Waals surface area contributed by atoms with Gasteiger partial charge in [-0.15, -0.1) is 0 Å². The van der Waals surface area contributed by atoms with Crippen LogP contribution in [0.25, 0.3) is 0 Å². The molecule has 8 heteroatoms. The van der Waals surface area contributed by atoms with E-state index in [1.54, 1.807) is 25.3 Å². The molecule has 0 aliphatic carbocycles. The highest BCUT2D eigenvalue weighted by Gasteiger charge is 2.22. The van der Waals surface area contributed by atoms with E-state index in [0.717, 1.165) is 38.2 Å². The van der Waals surface area contributed by atoms with Crippen LogP contribution in [-0.2, 0) is 11.3 Å². The van der Waals surface area contributed by atoms with Crippen LogP contribution in [0.4, 0.5) is 0 Å². The van der Waals surface area contributed by atoms with E-state index in [0.29, 0.717) is 17.1 Å². The molecule has 0 radical (unpaired) electrons. The lowest BCUT2D eigenvalue weighted by atomic mass is 10.0. The summed E-state index contributed by atoms with van der Waals surface area (Å²) in [5.41, 5.74) is 1.72. The molecule has 1 aliphatic rings. The summed E-state index contributed by atoms with van der Waals surface area (Å²) in [6.45, 7) is 6.35. The van der Waals surface area contributed by atoms with Crippen LogP contribution in [0.1, 0.15) is 42.6 Å². The summed E-state index contributed by atoms with van der Waals surface area (Å²) in [5.74, 6) is 1.34. The van der Waals surface area contributed by atoms with Crippen LogP contribution in [0.3, 0.4) is 0 Å². The van der Waals surface area contributed by atoms with Crippen molar-refractivity contribution < 1.29 is 23.8 Å². The van der Waals surface area contributed by atoms with Crippen LogP contribution in [0.2, 0.25) is 0 Å². The number of methoxy groups -OCH3 is 2. The van der Waals surface area contributed by atoms with Gasteiger partial charge in [0, 0.05) is 37.3 Å². The molecule has 0 aromatic heterocycles. The third-order valence-corrected chi connectivity index (χ3v) is 5.70. The topological polar surface area (TPSA) is 89.1 Å². The number of carbonyl (C=O) groups excluding carboxylic acids is 2. The second kappa shape index (κ2) is 12.3. The van der Waals surface area contributed by atoms with Gasteiger partial charge in [0.15, 0.2) is 18.1 Å². The summed E-state index contributed by atoms with van der Waals surface area (Å²) in [5, 5.41) is 5.90. The van der Waals surface area contributed by atoms with Gasteiger partial charge in [0.25, 0.3) is 11.8 Å². The number of rotatable bonds is 10. The number of ether oxygens (including phenoxy) is 3. The van der Waals surface area contributed by atoms with Crippen molar-refractivity contribution in [2.45, 2.75) is 45.3 Å². The van der Waals surface area contributed by atoms with Crippen molar-refractivity contribution in [3.05, 3.63) is 53.6 Å². The van der Waals surface area contributed by atoms with Gasteiger partial charge in [-0.2, -0.15) is 0 Å². The van der Waals surface area contributed by atoms with Crippen LogP contribution < -0.4 is 24.8 Å². The van der Waals surface area contributed by atoms with Gasteiger partial charge in [-0.25, -0.2) is 0 Å². The molecule has 1 saturated heterocycles. The SMILES string of the molecule is COc1cccc(CN2CCC(NC(=O)c3ccc(OCC(=O)NC(C)C)c(OC)c3)CC2)c1. The molecular weight excluding hydrogens is 434 g/mol. The molecule has 0 unspecified atom stereocenters. The monoisotopic (exact) mass is 469 g/mol. The van der Waals surface area contributed by atoms with E-state index in [1.165, 1.54) is 12.7 Å². The fourth-order valence-electron chi connectivity index (χ4n) is 3.97. The van der Waals surface area contributed by atoms with Crippen molar-refractivity contribution in [2.75, 3.05) is 33.9 Å². The van der Waals surface area contributed by atoms with Gasteiger partial charge in [-0.1, -0.05) is 12.1 Å². The molecule has 2 aromatic carbocycles. The molecule has 2 aromatic rings. The Kier molecular flexibility index (Phi) is 9.16. The van der Waals surface area contributed by atoms with Gasteiger partial charge < -0.3 is 24.8 Å². The molecule has 8 nitrogen and oxygen atoms in total. The lowest BCUT2D eigenvalue weighted by Gasteiger charge is -2.32. The van der Waals surface area contributed by atoms with Gasteiger partial charge in [0.2, 0.25) is 0 Å². The minimum absolute atomic E-state index is 0.0396. The first-order valence-electron chi connectivity index (χ1n) is 11.6. The normalized spacial score (nSPS) is 14.5. The molecule has 34 heavy (non-hydrogen) atoms. The van der Waals surface area contributed by atoms with Crippen molar-refractivity contribution in [1.29, 1.82) is 0 Å². The van der Waals surface area contributed by atoms with Crippen molar-refractivity contribution in [1.82, 2.24) is 15.5 Å². The molecule has 0 spiro atoms. The van der Waals surface area contributed by atoms with E-state index >= 15 is 0 Å². The minimum atomic E-state index is -0.211. The molecule has 184 valence electrons. The van der Waals surface area contributed by atoms with Crippen LogP contribution in [0.5, 0.6) is 17.2 Å². The Morgan fingerprint density at radius 1 is 1.03 bits per heavy atom. The summed E-state index contributed by atoms with van der Waals surface area (Å²) < 4.78 is 16.3. The van der Waals surface area contributed by atoms with Crippen LogP contribution >= 0.6 is 0 Å². The van der Waals surface area contributed by atoms with Gasteiger partial charge in [-0.05, 0) is 62.6 Å². The van der Waals surface area contributed by atoms with Gasteiger partial charge in [-0.3, -0.25) is 14.5 Å². The van der Waals surface area contributed by atoms with E-state index in [-0.39, 0.29) is 30.5 Å². The largest absolute Gasteiger partial charge is 0.497 e. The summed E-state index contributed by atoms with van der Waals surface area (Å²) in [7, 11) is 3.19. The number of hydrogen-bond acceptors (Lipinski definition) is 6. The lowest BCUT2D eigenvalue weighted by molar-refractivity contribution is -0.123. The molecule has 2 amide bonds. The quantitative estimate of drug-likeness (QED) is 0.556. The Balaban J connectivity index is 1.50. The fraction of sp³-hybridized carbons (Fsp3) is 0.462. The number of hydrogen-bond donors (Lipinski definition) is 2. The van der Waals surface area contributed by atoms with Crippen LogP contribution in [0, 0.1) is 0 Å². The van der Waals surface area contributed by atoms with Crippen molar-refractivity contribution in [3.63, 3.8) is 0 Å². The van der Waals surface area contributed by atoms with E-state index in [2.05, 4.69) is 27.7 Å². The lowest BCUT2D eigenvalue weighted by Crippen LogP contribution is -2.44. The van der Waals surface area contributed by atoms with Gasteiger partial charge in [0.05, 0.1) is 14.2 Å². The average molecular weight is 470 g/mol. The number of nitrogens with zero attached hydrogens (tertiary/aromatic N) is 1. The second-order valence-electron chi connectivity index (χ2n) is 8.75. The third kappa shape index (κ3) is 7.38. The van der Waals surface area contributed by atoms with E-state index in [4.69, 9.17) is 14.2 Å². The van der Waals surface area contributed by atoms with Crippen LogP contribution in [-0.4, -0.2) is 62.7 Å². The summed E-state index contributed by atoms with van der Waals surface area (Å²) in [6, 6.07) is 13.3. The van der Waals surface area contributed by atoms with E-state index < -0.39 is 0 Å². The van der Waals surface area contributed by atoms with Gasteiger partial charge >= 0.3 is 0 Å². The van der Waals surface area contributed by atoms with Crippen molar-refractivity contribution >= 4 is 11.8 Å². The average Bonchev–Trinajstić information content (AvgIpc) is 2.83. The molecule has 3 rings (SSSR count). The van der Waals surface area contributed by atoms with Crippen molar-refractivity contribution in [3.8, 4) is 17.2 Å². The Morgan fingerprint density at radius 3 is 2.47 bits per heavy atom. The molecule has 1 heterocycles. The molecule has 0 bridgehead atoms. The smallest absolute Gasteiger partial charge is 0.258 e. The van der Waals surface area contributed by atoms with E-state index in [9.17, 15) is 9.59 Å². The molecule has 2 N–H and O–H groups in total.